The van der Waals surface area contributed by atoms with Crippen LogP contribution in [-0.2, 0) is 6.54 Å². The van der Waals surface area contributed by atoms with E-state index in [4.69, 9.17) is 0 Å². The fourth-order valence-corrected chi connectivity index (χ4v) is 2.89. The van der Waals surface area contributed by atoms with Gasteiger partial charge in [0.2, 0.25) is 0 Å². The van der Waals surface area contributed by atoms with Crippen molar-refractivity contribution in [2.45, 2.75) is 13.5 Å². The Kier molecular flexibility index (Phi) is 5.75. The van der Waals surface area contributed by atoms with E-state index in [0.29, 0.717) is 18.2 Å². The van der Waals surface area contributed by atoms with E-state index in [9.17, 15) is 4.79 Å². The summed E-state index contributed by atoms with van der Waals surface area (Å²) in [5.74, 6) is 0.749. The van der Waals surface area contributed by atoms with Crippen LogP contribution in [0.1, 0.15) is 21.7 Å². The number of anilines is 2. The van der Waals surface area contributed by atoms with Gasteiger partial charge in [-0.25, -0.2) is 9.97 Å². The van der Waals surface area contributed by atoms with Crippen molar-refractivity contribution in [2.24, 2.45) is 0 Å². The zero-order valence-corrected chi connectivity index (χ0v) is 16.5. The predicted octanol–water partition coefficient (Wildman–Crippen LogP) is 4.52. The minimum absolute atomic E-state index is 0.285. The minimum Gasteiger partial charge on any atom is -0.345 e. The molecule has 6 heteroatoms. The number of rotatable bonds is 6. The summed E-state index contributed by atoms with van der Waals surface area (Å²) < 4.78 is 0. The Balaban J connectivity index is 1.62. The first-order valence-electron chi connectivity index (χ1n) is 9.64. The monoisotopic (exact) mass is 395 g/mol. The Morgan fingerprint density at radius 1 is 0.900 bits per heavy atom. The molecule has 0 aliphatic rings. The Hall–Kier alpha value is -4.06. The van der Waals surface area contributed by atoms with Gasteiger partial charge in [0.1, 0.15) is 11.5 Å². The second-order valence-electron chi connectivity index (χ2n) is 6.82. The van der Waals surface area contributed by atoms with E-state index in [-0.39, 0.29) is 11.6 Å². The first-order valence-corrected chi connectivity index (χ1v) is 9.64. The topological polar surface area (TPSA) is 79.8 Å². The van der Waals surface area contributed by atoms with E-state index in [1.165, 1.54) is 5.56 Å². The van der Waals surface area contributed by atoms with Crippen LogP contribution >= 0.6 is 0 Å². The van der Waals surface area contributed by atoms with Crippen LogP contribution in [0.5, 0.6) is 0 Å². The highest BCUT2D eigenvalue weighted by Gasteiger charge is 2.13. The van der Waals surface area contributed by atoms with E-state index in [2.05, 4.69) is 25.6 Å². The molecule has 1 amide bonds. The first kappa shape index (κ1) is 19.3. The van der Waals surface area contributed by atoms with Crippen molar-refractivity contribution < 1.29 is 4.79 Å². The summed E-state index contributed by atoms with van der Waals surface area (Å²) in [5, 5.41) is 6.14. The Morgan fingerprint density at radius 3 is 2.40 bits per heavy atom. The summed E-state index contributed by atoms with van der Waals surface area (Å²) in [7, 11) is 0. The molecule has 0 saturated heterocycles. The van der Waals surface area contributed by atoms with Crippen LogP contribution in [0.3, 0.4) is 0 Å². The molecule has 30 heavy (non-hydrogen) atoms. The Bertz CT molecular complexity index is 1130. The third-order valence-corrected chi connectivity index (χ3v) is 4.47. The fourth-order valence-electron chi connectivity index (χ4n) is 2.89. The number of hydrogen-bond donors (Lipinski definition) is 2. The third-order valence-electron chi connectivity index (χ3n) is 4.47. The van der Waals surface area contributed by atoms with Gasteiger partial charge in [0.25, 0.3) is 5.91 Å². The van der Waals surface area contributed by atoms with E-state index < -0.39 is 0 Å². The molecule has 2 aromatic heterocycles. The number of aryl methyl sites for hydroxylation is 1. The average Bonchev–Trinajstić information content (AvgIpc) is 2.80. The maximum absolute atomic E-state index is 12.8. The van der Waals surface area contributed by atoms with Gasteiger partial charge >= 0.3 is 0 Å². The van der Waals surface area contributed by atoms with Crippen molar-refractivity contribution in [1.82, 2.24) is 20.3 Å². The molecule has 0 radical (unpaired) electrons. The van der Waals surface area contributed by atoms with Crippen molar-refractivity contribution in [3.63, 3.8) is 0 Å². The Morgan fingerprint density at radius 2 is 1.67 bits per heavy atom. The van der Waals surface area contributed by atoms with Crippen molar-refractivity contribution in [1.29, 1.82) is 0 Å². The van der Waals surface area contributed by atoms with Crippen LogP contribution in [-0.4, -0.2) is 20.9 Å². The molecule has 0 fully saturated rings. The van der Waals surface area contributed by atoms with Crippen LogP contribution in [0, 0.1) is 6.92 Å². The second-order valence-corrected chi connectivity index (χ2v) is 6.82. The average molecular weight is 395 g/mol. The SMILES string of the molecule is Cc1ccc(Nc2cc(C(=O)NCc3ccccn3)nc(-c3ccccc3)n2)cc1. The summed E-state index contributed by atoms with van der Waals surface area (Å²) in [5.41, 5.74) is 3.96. The molecule has 0 bridgehead atoms. The molecule has 2 N–H and O–H groups in total. The standard InChI is InChI=1S/C24H21N5O/c1-17-10-12-19(13-11-17)27-22-15-21(24(30)26-16-20-9-5-6-14-25-20)28-23(29-22)18-7-3-2-4-8-18/h2-15H,16H2,1H3,(H,26,30)(H,27,28,29). The maximum atomic E-state index is 12.8. The van der Waals surface area contributed by atoms with Crippen LogP contribution in [0.15, 0.2) is 85.1 Å². The summed E-state index contributed by atoms with van der Waals surface area (Å²) in [4.78, 5) is 26.1. The molecule has 0 saturated carbocycles. The van der Waals surface area contributed by atoms with E-state index in [0.717, 1.165) is 16.9 Å². The van der Waals surface area contributed by atoms with Gasteiger partial charge in [0, 0.05) is 23.5 Å². The number of carbonyl (C=O) groups excluding carboxylic acids is 1. The molecule has 0 spiro atoms. The highest BCUT2D eigenvalue weighted by atomic mass is 16.1. The summed E-state index contributed by atoms with van der Waals surface area (Å²) in [6.45, 7) is 2.36. The number of carbonyl (C=O) groups is 1. The van der Waals surface area contributed by atoms with E-state index >= 15 is 0 Å². The normalized spacial score (nSPS) is 10.4. The summed E-state index contributed by atoms with van der Waals surface area (Å²) >= 11 is 0. The molecule has 6 nitrogen and oxygen atoms in total. The molecule has 0 unspecified atom stereocenters. The largest absolute Gasteiger partial charge is 0.345 e. The van der Waals surface area contributed by atoms with Crippen molar-refractivity contribution in [3.8, 4) is 11.4 Å². The maximum Gasteiger partial charge on any atom is 0.270 e. The molecule has 0 aliphatic heterocycles. The zero-order chi connectivity index (χ0) is 20.8. The van der Waals surface area contributed by atoms with Crippen LogP contribution in [0.4, 0.5) is 11.5 Å². The molecule has 2 heterocycles. The van der Waals surface area contributed by atoms with E-state index in [1.807, 2.05) is 79.7 Å². The molecular formula is C24H21N5O. The number of hydrogen-bond acceptors (Lipinski definition) is 5. The highest BCUT2D eigenvalue weighted by Crippen LogP contribution is 2.21. The van der Waals surface area contributed by atoms with Crippen LogP contribution in [0.2, 0.25) is 0 Å². The number of pyridine rings is 1. The molecule has 4 aromatic rings. The highest BCUT2D eigenvalue weighted by molar-refractivity contribution is 5.93. The minimum atomic E-state index is -0.285. The summed E-state index contributed by atoms with van der Waals surface area (Å²) in [6, 6.07) is 24.8. The quantitative estimate of drug-likeness (QED) is 0.502. The van der Waals surface area contributed by atoms with Crippen LogP contribution < -0.4 is 10.6 Å². The molecular weight excluding hydrogens is 374 g/mol. The van der Waals surface area contributed by atoms with Gasteiger partial charge in [-0.05, 0) is 31.2 Å². The lowest BCUT2D eigenvalue weighted by atomic mass is 10.2. The number of nitrogens with one attached hydrogen (secondary N) is 2. The number of nitrogens with zero attached hydrogens (tertiary/aromatic N) is 3. The smallest absolute Gasteiger partial charge is 0.270 e. The second kappa shape index (κ2) is 8.96. The Labute approximate surface area is 175 Å². The molecule has 0 aliphatic carbocycles. The number of benzene rings is 2. The van der Waals surface area contributed by atoms with Crippen LogP contribution in [0.25, 0.3) is 11.4 Å². The van der Waals surface area contributed by atoms with Crippen molar-refractivity contribution in [3.05, 3.63) is 102 Å². The van der Waals surface area contributed by atoms with Gasteiger partial charge in [0.15, 0.2) is 5.82 Å². The molecule has 2 aromatic carbocycles. The first-order chi connectivity index (χ1) is 14.7. The van der Waals surface area contributed by atoms with E-state index in [1.54, 1.807) is 12.3 Å². The molecule has 4 rings (SSSR count). The molecule has 148 valence electrons. The fraction of sp³-hybridized carbons (Fsp3) is 0.0833. The lowest BCUT2D eigenvalue weighted by molar-refractivity contribution is 0.0945. The van der Waals surface area contributed by atoms with Gasteiger partial charge in [0.05, 0.1) is 12.2 Å². The van der Waals surface area contributed by atoms with Gasteiger partial charge in [-0.3, -0.25) is 9.78 Å². The van der Waals surface area contributed by atoms with Gasteiger partial charge in [-0.2, -0.15) is 0 Å². The number of aromatic nitrogens is 3. The van der Waals surface area contributed by atoms with Gasteiger partial charge < -0.3 is 10.6 Å². The lowest BCUT2D eigenvalue weighted by Gasteiger charge is -2.11. The van der Waals surface area contributed by atoms with Gasteiger partial charge in [-0.15, -0.1) is 0 Å². The van der Waals surface area contributed by atoms with Crippen molar-refractivity contribution >= 4 is 17.4 Å². The summed E-state index contributed by atoms with van der Waals surface area (Å²) in [6.07, 6.45) is 1.70. The third kappa shape index (κ3) is 4.86. The molecule has 0 atom stereocenters. The predicted molar refractivity (Wildman–Crippen MR) is 117 cm³/mol. The van der Waals surface area contributed by atoms with Crippen molar-refractivity contribution in [2.75, 3.05) is 5.32 Å². The number of amides is 1. The van der Waals surface area contributed by atoms with Gasteiger partial charge in [-0.1, -0.05) is 54.1 Å². The lowest BCUT2D eigenvalue weighted by Crippen LogP contribution is -2.24. The zero-order valence-electron chi connectivity index (χ0n) is 16.5.